The first-order valence-electron chi connectivity index (χ1n) is 8.34. The number of benzene rings is 2. The van der Waals surface area contributed by atoms with Gasteiger partial charge in [-0.15, -0.1) is 0 Å². The lowest BCUT2D eigenvalue weighted by molar-refractivity contribution is 0.340. The summed E-state index contributed by atoms with van der Waals surface area (Å²) in [6.45, 7) is 3.48. The first-order chi connectivity index (χ1) is 11.8. The largest absolute Gasteiger partial charge is 0.494 e. The molecule has 0 saturated heterocycles. The van der Waals surface area contributed by atoms with E-state index in [1.807, 2.05) is 37.3 Å². The van der Waals surface area contributed by atoms with Crippen molar-refractivity contribution in [3.8, 4) is 11.8 Å². The maximum absolute atomic E-state index is 8.80. The molecule has 0 spiro atoms. The Morgan fingerprint density at radius 2 is 1.92 bits per heavy atom. The molecule has 3 aromatic rings. The summed E-state index contributed by atoms with van der Waals surface area (Å²) in [7, 11) is 0. The van der Waals surface area contributed by atoms with Crippen molar-refractivity contribution >= 4 is 11.0 Å². The molecule has 4 heteroatoms. The zero-order chi connectivity index (χ0) is 16.8. The van der Waals surface area contributed by atoms with Gasteiger partial charge in [0.05, 0.1) is 23.7 Å². The van der Waals surface area contributed by atoms with E-state index in [0.717, 1.165) is 42.0 Å². The summed E-state index contributed by atoms with van der Waals surface area (Å²) in [6, 6.07) is 18.6. The van der Waals surface area contributed by atoms with Crippen LogP contribution in [-0.2, 0) is 13.0 Å². The molecule has 0 atom stereocenters. The molecule has 0 fully saturated rings. The zero-order valence-corrected chi connectivity index (χ0v) is 13.9. The van der Waals surface area contributed by atoms with Gasteiger partial charge < -0.3 is 9.30 Å². The number of hydrogen-bond acceptors (Lipinski definition) is 3. The summed E-state index contributed by atoms with van der Waals surface area (Å²) in [5.41, 5.74) is 3.35. The Balaban J connectivity index is 1.87. The summed E-state index contributed by atoms with van der Waals surface area (Å²) < 4.78 is 7.74. The van der Waals surface area contributed by atoms with Crippen molar-refractivity contribution in [1.29, 1.82) is 5.26 Å². The highest BCUT2D eigenvalue weighted by Crippen LogP contribution is 2.20. The molecule has 0 aliphatic heterocycles. The Bertz CT molecular complexity index is 843. The van der Waals surface area contributed by atoms with Gasteiger partial charge >= 0.3 is 0 Å². The van der Waals surface area contributed by atoms with Crippen molar-refractivity contribution in [1.82, 2.24) is 9.55 Å². The van der Waals surface area contributed by atoms with Crippen LogP contribution in [0.3, 0.4) is 0 Å². The van der Waals surface area contributed by atoms with Gasteiger partial charge in [-0.2, -0.15) is 5.26 Å². The number of aromatic nitrogens is 2. The predicted molar refractivity (Wildman–Crippen MR) is 95.0 cm³/mol. The average Bonchev–Trinajstić information content (AvgIpc) is 2.95. The van der Waals surface area contributed by atoms with Crippen LogP contribution in [0.15, 0.2) is 48.5 Å². The number of nitriles is 1. The Morgan fingerprint density at radius 3 is 2.67 bits per heavy atom. The quantitative estimate of drug-likeness (QED) is 0.609. The van der Waals surface area contributed by atoms with Crippen LogP contribution in [-0.4, -0.2) is 16.2 Å². The van der Waals surface area contributed by atoms with Crippen LogP contribution in [0.25, 0.3) is 11.0 Å². The lowest BCUT2D eigenvalue weighted by Crippen LogP contribution is -2.05. The van der Waals surface area contributed by atoms with Crippen LogP contribution in [0.1, 0.15) is 31.2 Å². The first-order valence-corrected chi connectivity index (χ1v) is 8.34. The molecule has 0 aliphatic rings. The second kappa shape index (κ2) is 7.65. The fourth-order valence-corrected chi connectivity index (χ4v) is 2.88. The zero-order valence-electron chi connectivity index (χ0n) is 13.9. The van der Waals surface area contributed by atoms with Crippen molar-refractivity contribution in [3.05, 3.63) is 59.9 Å². The monoisotopic (exact) mass is 319 g/mol. The summed E-state index contributed by atoms with van der Waals surface area (Å²) >= 11 is 0. The molecule has 0 aliphatic carbocycles. The maximum Gasteiger partial charge on any atom is 0.119 e. The fraction of sp³-hybridized carbons (Fsp3) is 0.300. The third kappa shape index (κ3) is 3.57. The summed E-state index contributed by atoms with van der Waals surface area (Å²) in [6.07, 6.45) is 2.18. The first kappa shape index (κ1) is 16.1. The Kier molecular flexibility index (Phi) is 5.12. The minimum Gasteiger partial charge on any atom is -0.494 e. The standard InChI is InChI=1S/C20H21N3O/c1-2-24-17-11-9-16(10-12-17)15-20-22-18-7-3-4-8-19(18)23(20)14-6-5-13-21/h3-4,7-12H,2,5-6,14-15H2,1H3. The highest BCUT2D eigenvalue weighted by Gasteiger charge is 2.11. The lowest BCUT2D eigenvalue weighted by Gasteiger charge is -2.09. The van der Waals surface area contributed by atoms with Crippen LogP contribution < -0.4 is 4.74 Å². The number of unbranched alkanes of at least 4 members (excludes halogenated alkanes) is 1. The lowest BCUT2D eigenvalue weighted by atomic mass is 10.1. The maximum atomic E-state index is 8.80. The number of imidazole rings is 1. The molecule has 3 rings (SSSR count). The second-order valence-electron chi connectivity index (χ2n) is 5.68. The van der Waals surface area contributed by atoms with Crippen molar-refractivity contribution in [2.24, 2.45) is 0 Å². The molecular formula is C20H21N3O. The van der Waals surface area contributed by atoms with E-state index in [2.05, 4.69) is 28.8 Å². The molecule has 24 heavy (non-hydrogen) atoms. The molecule has 1 aromatic heterocycles. The highest BCUT2D eigenvalue weighted by atomic mass is 16.5. The molecule has 0 saturated carbocycles. The highest BCUT2D eigenvalue weighted by molar-refractivity contribution is 5.76. The van der Waals surface area contributed by atoms with Crippen LogP contribution in [0.4, 0.5) is 0 Å². The van der Waals surface area contributed by atoms with E-state index in [9.17, 15) is 0 Å². The van der Waals surface area contributed by atoms with Crippen LogP contribution in [0.5, 0.6) is 5.75 Å². The van der Waals surface area contributed by atoms with E-state index in [4.69, 9.17) is 15.0 Å². The molecule has 1 heterocycles. The van der Waals surface area contributed by atoms with Gasteiger partial charge in [0.1, 0.15) is 11.6 Å². The van der Waals surface area contributed by atoms with Gasteiger partial charge in [-0.3, -0.25) is 0 Å². The van der Waals surface area contributed by atoms with E-state index in [1.165, 1.54) is 5.56 Å². The number of nitrogens with zero attached hydrogens (tertiary/aromatic N) is 3. The van der Waals surface area contributed by atoms with Gasteiger partial charge in [-0.05, 0) is 43.2 Å². The molecule has 0 amide bonds. The molecule has 2 aromatic carbocycles. The minimum atomic E-state index is 0.564. The average molecular weight is 319 g/mol. The van der Waals surface area contributed by atoms with E-state index in [1.54, 1.807) is 0 Å². The molecule has 0 bridgehead atoms. The minimum absolute atomic E-state index is 0.564. The summed E-state index contributed by atoms with van der Waals surface area (Å²) in [4.78, 5) is 4.79. The Hall–Kier alpha value is -2.80. The number of para-hydroxylation sites is 2. The number of fused-ring (bicyclic) bond motifs is 1. The topological polar surface area (TPSA) is 50.8 Å². The summed E-state index contributed by atoms with van der Waals surface area (Å²) in [5, 5.41) is 8.80. The molecule has 4 nitrogen and oxygen atoms in total. The van der Waals surface area contributed by atoms with E-state index < -0.39 is 0 Å². The van der Waals surface area contributed by atoms with Gasteiger partial charge in [0.2, 0.25) is 0 Å². The predicted octanol–water partition coefficient (Wildman–Crippen LogP) is 4.33. The third-order valence-electron chi connectivity index (χ3n) is 4.00. The Labute approximate surface area is 142 Å². The van der Waals surface area contributed by atoms with Crippen LogP contribution >= 0.6 is 0 Å². The van der Waals surface area contributed by atoms with Gasteiger partial charge in [-0.25, -0.2) is 4.98 Å². The fourth-order valence-electron chi connectivity index (χ4n) is 2.88. The normalized spacial score (nSPS) is 10.7. The van der Waals surface area contributed by atoms with Gasteiger partial charge in [0.25, 0.3) is 0 Å². The molecular weight excluding hydrogens is 298 g/mol. The third-order valence-corrected chi connectivity index (χ3v) is 4.00. The van der Waals surface area contributed by atoms with Crippen molar-refractivity contribution in [3.63, 3.8) is 0 Å². The number of aryl methyl sites for hydroxylation is 1. The second-order valence-corrected chi connectivity index (χ2v) is 5.68. The van der Waals surface area contributed by atoms with Crippen LogP contribution in [0, 0.1) is 11.3 Å². The van der Waals surface area contributed by atoms with Gasteiger partial charge in [-0.1, -0.05) is 24.3 Å². The van der Waals surface area contributed by atoms with Gasteiger partial charge in [0.15, 0.2) is 0 Å². The number of ether oxygens (including phenoxy) is 1. The number of rotatable bonds is 7. The van der Waals surface area contributed by atoms with Crippen molar-refractivity contribution < 1.29 is 4.74 Å². The molecule has 0 N–H and O–H groups in total. The SMILES string of the molecule is CCOc1ccc(Cc2nc3ccccc3n2CCCC#N)cc1. The molecule has 122 valence electrons. The van der Waals surface area contributed by atoms with E-state index in [0.29, 0.717) is 13.0 Å². The Morgan fingerprint density at radius 1 is 1.12 bits per heavy atom. The van der Waals surface area contributed by atoms with Crippen LogP contribution in [0.2, 0.25) is 0 Å². The smallest absolute Gasteiger partial charge is 0.119 e. The van der Waals surface area contributed by atoms with E-state index >= 15 is 0 Å². The van der Waals surface area contributed by atoms with Crippen molar-refractivity contribution in [2.45, 2.75) is 32.7 Å². The van der Waals surface area contributed by atoms with Crippen molar-refractivity contribution in [2.75, 3.05) is 6.61 Å². The van der Waals surface area contributed by atoms with E-state index in [-0.39, 0.29) is 0 Å². The molecule has 0 radical (unpaired) electrons. The molecule has 0 unspecified atom stereocenters. The summed E-state index contributed by atoms with van der Waals surface area (Å²) in [5.74, 6) is 1.93. The van der Waals surface area contributed by atoms with Gasteiger partial charge in [0, 0.05) is 19.4 Å². The number of hydrogen-bond donors (Lipinski definition) is 0.